The first-order chi connectivity index (χ1) is 11.7. The van der Waals surface area contributed by atoms with Crippen LogP contribution in [0.25, 0.3) is 0 Å². The molecule has 1 aliphatic carbocycles. The number of halogens is 1. The third-order valence-electron chi connectivity index (χ3n) is 5.03. The first kappa shape index (κ1) is 18.7. The molecule has 0 unspecified atom stereocenters. The molecule has 1 aromatic rings. The second kappa shape index (κ2) is 7.27. The van der Waals surface area contributed by atoms with Gasteiger partial charge in [-0.3, -0.25) is 4.68 Å². The van der Waals surface area contributed by atoms with Gasteiger partial charge >= 0.3 is 6.09 Å². The van der Waals surface area contributed by atoms with Crippen molar-refractivity contribution < 1.29 is 9.53 Å². The van der Waals surface area contributed by atoms with E-state index in [9.17, 15) is 4.79 Å². The lowest BCUT2D eigenvalue weighted by Gasteiger charge is -2.38. The summed E-state index contributed by atoms with van der Waals surface area (Å²) in [6.45, 7) is 12.0. The number of amides is 1. The smallest absolute Gasteiger partial charge is 0.407 e. The van der Waals surface area contributed by atoms with Crippen molar-refractivity contribution in [3.05, 3.63) is 15.9 Å². The summed E-state index contributed by atoms with van der Waals surface area (Å²) in [6, 6.07) is 0.264. The summed E-state index contributed by atoms with van der Waals surface area (Å²) in [5, 5.41) is 7.55. The molecule has 7 heteroatoms. The van der Waals surface area contributed by atoms with Crippen molar-refractivity contribution in [2.75, 3.05) is 19.6 Å². The summed E-state index contributed by atoms with van der Waals surface area (Å²) in [4.78, 5) is 14.3. The van der Waals surface area contributed by atoms with Crippen LogP contribution in [0.2, 0.25) is 0 Å². The molecule has 1 aromatic heterocycles. The molecule has 3 rings (SSSR count). The van der Waals surface area contributed by atoms with Crippen molar-refractivity contribution in [2.24, 2.45) is 5.92 Å². The van der Waals surface area contributed by atoms with Crippen molar-refractivity contribution in [1.82, 2.24) is 20.0 Å². The number of fused-ring (bicyclic) bond motifs is 1. The number of nitrogens with zero attached hydrogens (tertiary/aromatic N) is 3. The highest BCUT2D eigenvalue weighted by Gasteiger charge is 2.33. The Morgan fingerprint density at radius 3 is 2.72 bits per heavy atom. The van der Waals surface area contributed by atoms with Crippen LogP contribution in [0, 0.1) is 12.8 Å². The monoisotopic (exact) mass is 412 g/mol. The van der Waals surface area contributed by atoms with E-state index in [-0.39, 0.29) is 12.1 Å². The minimum Gasteiger partial charge on any atom is -0.444 e. The van der Waals surface area contributed by atoms with Crippen LogP contribution in [0.3, 0.4) is 0 Å². The van der Waals surface area contributed by atoms with Crippen molar-refractivity contribution in [1.29, 1.82) is 0 Å². The molecular weight excluding hydrogens is 384 g/mol. The lowest BCUT2D eigenvalue weighted by atomic mass is 9.80. The molecule has 0 bridgehead atoms. The Morgan fingerprint density at radius 2 is 2.04 bits per heavy atom. The van der Waals surface area contributed by atoms with Crippen LogP contribution in [0.5, 0.6) is 0 Å². The van der Waals surface area contributed by atoms with Gasteiger partial charge in [0.1, 0.15) is 10.2 Å². The minimum atomic E-state index is -0.434. The number of carbonyl (C=O) groups excluding carboxylic acids is 1. The van der Waals surface area contributed by atoms with E-state index in [1.165, 1.54) is 11.3 Å². The van der Waals surface area contributed by atoms with Gasteiger partial charge in [-0.25, -0.2) is 4.79 Å². The average Bonchev–Trinajstić information content (AvgIpc) is 2.62. The van der Waals surface area contributed by atoms with Crippen LogP contribution in [-0.2, 0) is 17.7 Å². The summed E-state index contributed by atoms with van der Waals surface area (Å²) in [7, 11) is 0. The molecule has 2 aliphatic rings. The van der Waals surface area contributed by atoms with Gasteiger partial charge in [0.15, 0.2) is 0 Å². The normalized spacial score (nSPS) is 24.2. The highest BCUT2D eigenvalue weighted by atomic mass is 79.9. The Bertz CT molecular complexity index is 632. The van der Waals surface area contributed by atoms with E-state index in [0.717, 1.165) is 50.0 Å². The van der Waals surface area contributed by atoms with Gasteiger partial charge in [-0.15, -0.1) is 0 Å². The van der Waals surface area contributed by atoms with Crippen LogP contribution in [0.15, 0.2) is 4.60 Å². The predicted octanol–water partition coefficient (Wildman–Crippen LogP) is 3.12. The van der Waals surface area contributed by atoms with Crippen LogP contribution in [0.4, 0.5) is 4.79 Å². The third kappa shape index (κ3) is 4.76. The molecule has 1 amide bonds. The van der Waals surface area contributed by atoms with E-state index in [1.807, 2.05) is 20.8 Å². The first-order valence-corrected chi connectivity index (χ1v) is 9.94. The molecule has 1 N–H and O–H groups in total. The molecule has 2 heterocycles. The second-order valence-electron chi connectivity index (χ2n) is 8.32. The van der Waals surface area contributed by atoms with Gasteiger partial charge in [-0.05, 0) is 62.4 Å². The maximum Gasteiger partial charge on any atom is 0.407 e. The number of ether oxygens (including phenoxy) is 1. The predicted molar refractivity (Wildman–Crippen MR) is 101 cm³/mol. The standard InChI is InChI=1S/C18H29BrN4O2/c1-12-15-5-6-22(7-8-23(15)21-16(12)19)11-13-9-14(10-13)20-17(24)25-18(2,3)4/h13-14H,5-11H2,1-4H3,(H,20,24). The van der Waals surface area contributed by atoms with Crippen LogP contribution in [0.1, 0.15) is 44.9 Å². The molecule has 0 spiro atoms. The molecule has 25 heavy (non-hydrogen) atoms. The Balaban J connectivity index is 1.40. The quantitative estimate of drug-likeness (QED) is 0.828. The van der Waals surface area contributed by atoms with Crippen molar-refractivity contribution in [2.45, 2.75) is 65.1 Å². The zero-order chi connectivity index (χ0) is 18.2. The number of nitrogens with one attached hydrogen (secondary N) is 1. The number of hydrogen-bond acceptors (Lipinski definition) is 4. The largest absolute Gasteiger partial charge is 0.444 e. The molecule has 0 atom stereocenters. The Kier molecular flexibility index (Phi) is 5.44. The second-order valence-corrected chi connectivity index (χ2v) is 9.07. The van der Waals surface area contributed by atoms with Gasteiger partial charge in [0.25, 0.3) is 0 Å². The number of rotatable bonds is 3. The topological polar surface area (TPSA) is 59.4 Å². The molecule has 6 nitrogen and oxygen atoms in total. The maximum atomic E-state index is 11.8. The summed E-state index contributed by atoms with van der Waals surface area (Å²) < 4.78 is 8.44. The SMILES string of the molecule is Cc1c(Br)nn2c1CCN(CC1CC(NC(=O)OC(C)(C)C)C1)CC2. The van der Waals surface area contributed by atoms with E-state index in [1.54, 1.807) is 0 Å². The molecule has 140 valence electrons. The van der Waals surface area contributed by atoms with Crippen LogP contribution < -0.4 is 5.32 Å². The van der Waals surface area contributed by atoms with Crippen LogP contribution in [-0.4, -0.2) is 52.1 Å². The van der Waals surface area contributed by atoms with Gasteiger partial charge in [0.2, 0.25) is 0 Å². The number of aromatic nitrogens is 2. The Labute approximate surface area is 158 Å². The third-order valence-corrected chi connectivity index (χ3v) is 5.78. The van der Waals surface area contributed by atoms with Crippen LogP contribution >= 0.6 is 15.9 Å². The minimum absolute atomic E-state index is 0.264. The van der Waals surface area contributed by atoms with E-state index in [4.69, 9.17) is 4.74 Å². The van der Waals surface area contributed by atoms with Gasteiger partial charge in [0.05, 0.1) is 6.54 Å². The van der Waals surface area contributed by atoms with Crippen molar-refractivity contribution in [3.8, 4) is 0 Å². The molecule has 1 saturated carbocycles. The Hall–Kier alpha value is -1.08. The molecule has 0 radical (unpaired) electrons. The summed E-state index contributed by atoms with van der Waals surface area (Å²) in [5.74, 6) is 0.665. The number of carbonyl (C=O) groups is 1. The first-order valence-electron chi connectivity index (χ1n) is 9.15. The number of hydrogen-bond donors (Lipinski definition) is 1. The van der Waals surface area contributed by atoms with Gasteiger partial charge in [0, 0.05) is 43.4 Å². The fourth-order valence-electron chi connectivity index (χ4n) is 3.69. The Morgan fingerprint density at radius 1 is 1.32 bits per heavy atom. The highest BCUT2D eigenvalue weighted by Crippen LogP contribution is 2.29. The summed E-state index contributed by atoms with van der Waals surface area (Å²) in [6.07, 6.45) is 2.85. The zero-order valence-corrected chi connectivity index (χ0v) is 17.2. The summed E-state index contributed by atoms with van der Waals surface area (Å²) in [5.41, 5.74) is 2.19. The van der Waals surface area contributed by atoms with Crippen molar-refractivity contribution in [3.63, 3.8) is 0 Å². The number of alkyl carbamates (subject to hydrolysis) is 1. The molecule has 0 aromatic carbocycles. The van der Waals surface area contributed by atoms with Crippen molar-refractivity contribution >= 4 is 22.0 Å². The van der Waals surface area contributed by atoms with E-state index < -0.39 is 5.60 Å². The fraction of sp³-hybridized carbons (Fsp3) is 0.778. The summed E-state index contributed by atoms with van der Waals surface area (Å²) >= 11 is 3.53. The van der Waals surface area contributed by atoms with Gasteiger partial charge < -0.3 is 15.0 Å². The van der Waals surface area contributed by atoms with E-state index in [0.29, 0.717) is 5.92 Å². The molecule has 1 fully saturated rings. The van der Waals surface area contributed by atoms with E-state index >= 15 is 0 Å². The van der Waals surface area contributed by atoms with E-state index in [2.05, 4.69) is 42.9 Å². The maximum absolute atomic E-state index is 11.8. The fourth-order valence-corrected chi connectivity index (χ4v) is 4.11. The van der Waals surface area contributed by atoms with Gasteiger partial charge in [-0.2, -0.15) is 5.10 Å². The zero-order valence-electron chi connectivity index (χ0n) is 15.6. The molecular formula is C18H29BrN4O2. The highest BCUT2D eigenvalue weighted by molar-refractivity contribution is 9.10. The lowest BCUT2D eigenvalue weighted by Crippen LogP contribution is -2.49. The lowest BCUT2D eigenvalue weighted by molar-refractivity contribution is 0.0434. The average molecular weight is 413 g/mol. The molecule has 0 saturated heterocycles. The van der Waals surface area contributed by atoms with Gasteiger partial charge in [-0.1, -0.05) is 0 Å². The molecule has 1 aliphatic heterocycles.